The first-order valence-electron chi connectivity index (χ1n) is 6.83. The molecule has 0 spiro atoms. The number of carboxylic acid groups (broad SMARTS) is 1. The molecular weight excluding hydrogens is 307 g/mol. The minimum absolute atomic E-state index is 0.648. The second-order valence-corrected chi connectivity index (χ2v) is 5.13. The molecule has 0 aromatic heterocycles. The fourth-order valence-electron chi connectivity index (χ4n) is 1.90. The van der Waals surface area contributed by atoms with Crippen LogP contribution >= 0.6 is 11.6 Å². The average Bonchev–Trinajstić information content (AvgIpc) is 2.44. The van der Waals surface area contributed by atoms with E-state index in [0.29, 0.717) is 5.92 Å². The van der Waals surface area contributed by atoms with E-state index in [1.165, 1.54) is 25.7 Å². The van der Waals surface area contributed by atoms with Crippen LogP contribution in [0.25, 0.3) is 0 Å². The van der Waals surface area contributed by atoms with E-state index in [1.807, 2.05) is 0 Å². The molecule has 3 nitrogen and oxygen atoms in total. The van der Waals surface area contributed by atoms with Crippen molar-refractivity contribution >= 4 is 17.6 Å². The van der Waals surface area contributed by atoms with E-state index in [2.05, 4.69) is 24.2 Å². The maximum Gasteiger partial charge on any atom is 0.490 e. The minimum Gasteiger partial charge on any atom is -0.475 e. The Morgan fingerprint density at radius 1 is 1.33 bits per heavy atom. The van der Waals surface area contributed by atoms with Crippen molar-refractivity contribution in [2.45, 2.75) is 50.7 Å². The lowest BCUT2D eigenvalue weighted by molar-refractivity contribution is -0.192. The van der Waals surface area contributed by atoms with Crippen molar-refractivity contribution in [2.75, 3.05) is 12.9 Å². The highest BCUT2D eigenvalue weighted by molar-refractivity contribution is 6.17. The summed E-state index contributed by atoms with van der Waals surface area (Å²) in [6.07, 6.45) is 2.01. The van der Waals surface area contributed by atoms with E-state index >= 15 is 0 Å². The predicted octanol–water partition coefficient (Wildman–Crippen LogP) is 3.42. The number of hydrogen-bond donors (Lipinski definition) is 2. The number of unbranched alkanes of at least 4 members (excludes halogenated alkanes) is 1. The van der Waals surface area contributed by atoms with Crippen LogP contribution < -0.4 is 5.32 Å². The van der Waals surface area contributed by atoms with Crippen LogP contribution in [0.2, 0.25) is 0 Å². The molecule has 0 amide bonds. The van der Waals surface area contributed by atoms with E-state index in [4.69, 9.17) is 21.5 Å². The smallest absolute Gasteiger partial charge is 0.475 e. The van der Waals surface area contributed by atoms with Crippen molar-refractivity contribution in [3.8, 4) is 11.8 Å². The molecule has 0 unspecified atom stereocenters. The Morgan fingerprint density at radius 2 is 1.86 bits per heavy atom. The molecule has 21 heavy (non-hydrogen) atoms. The van der Waals surface area contributed by atoms with Gasteiger partial charge in [0, 0.05) is 24.3 Å². The highest BCUT2D eigenvalue weighted by Gasteiger charge is 2.38. The summed E-state index contributed by atoms with van der Waals surface area (Å²) < 4.78 is 31.7. The van der Waals surface area contributed by atoms with Gasteiger partial charge in [-0.3, -0.25) is 0 Å². The van der Waals surface area contributed by atoms with E-state index in [0.717, 1.165) is 24.8 Å². The van der Waals surface area contributed by atoms with Crippen molar-refractivity contribution in [3.05, 3.63) is 0 Å². The first-order chi connectivity index (χ1) is 9.81. The van der Waals surface area contributed by atoms with Gasteiger partial charge in [0.25, 0.3) is 0 Å². The topological polar surface area (TPSA) is 49.3 Å². The molecule has 1 saturated carbocycles. The molecule has 2 N–H and O–H groups in total. The molecule has 0 aliphatic heterocycles. The van der Waals surface area contributed by atoms with E-state index in [9.17, 15) is 13.2 Å². The molecule has 7 heteroatoms. The molecule has 0 heterocycles. The summed E-state index contributed by atoms with van der Waals surface area (Å²) in [5.41, 5.74) is 0. The summed E-state index contributed by atoms with van der Waals surface area (Å²) in [5, 5.41) is 10.5. The predicted molar refractivity (Wildman–Crippen MR) is 76.2 cm³/mol. The van der Waals surface area contributed by atoms with Gasteiger partial charge in [-0.15, -0.1) is 17.5 Å². The Labute approximate surface area is 128 Å². The number of halogens is 4. The minimum atomic E-state index is -5.08. The largest absolute Gasteiger partial charge is 0.490 e. The molecule has 1 aliphatic carbocycles. The fourth-order valence-corrected chi connectivity index (χ4v) is 2.03. The summed E-state index contributed by atoms with van der Waals surface area (Å²) in [6.45, 7) is 0. The Kier molecular flexibility index (Phi) is 10.3. The second-order valence-electron chi connectivity index (χ2n) is 4.75. The Hall–Kier alpha value is -0.930. The highest BCUT2D eigenvalue weighted by Crippen LogP contribution is 2.23. The molecule has 0 radical (unpaired) electrons. The number of carbonyl (C=O) groups is 1. The van der Waals surface area contributed by atoms with Crippen LogP contribution in [0.4, 0.5) is 13.2 Å². The Balaban J connectivity index is 0.000000486. The molecule has 0 aromatic carbocycles. The molecule has 0 bridgehead atoms. The van der Waals surface area contributed by atoms with Gasteiger partial charge < -0.3 is 10.4 Å². The number of rotatable bonds is 3. The summed E-state index contributed by atoms with van der Waals surface area (Å²) in [5.74, 6) is 5.23. The van der Waals surface area contributed by atoms with Gasteiger partial charge in [-0.1, -0.05) is 5.92 Å². The van der Waals surface area contributed by atoms with Gasteiger partial charge in [0.15, 0.2) is 0 Å². The zero-order valence-electron chi connectivity index (χ0n) is 12.0. The molecule has 122 valence electrons. The van der Waals surface area contributed by atoms with Crippen LogP contribution in [-0.2, 0) is 4.79 Å². The second kappa shape index (κ2) is 10.7. The van der Waals surface area contributed by atoms with Crippen LogP contribution in [0.1, 0.15) is 38.5 Å². The number of carboxylic acids is 1. The van der Waals surface area contributed by atoms with Gasteiger partial charge in [-0.25, -0.2) is 4.79 Å². The Morgan fingerprint density at radius 3 is 2.24 bits per heavy atom. The fraction of sp³-hybridized carbons (Fsp3) is 0.786. The molecule has 0 aromatic rings. The maximum absolute atomic E-state index is 10.6. The lowest BCUT2D eigenvalue weighted by Gasteiger charge is -2.24. The zero-order valence-corrected chi connectivity index (χ0v) is 12.7. The number of alkyl halides is 4. The third-order valence-electron chi connectivity index (χ3n) is 3.12. The van der Waals surface area contributed by atoms with Gasteiger partial charge >= 0.3 is 12.1 Å². The third kappa shape index (κ3) is 10.4. The van der Waals surface area contributed by atoms with Crippen LogP contribution in [0.3, 0.4) is 0 Å². The van der Waals surface area contributed by atoms with Gasteiger partial charge in [0.05, 0.1) is 0 Å². The summed E-state index contributed by atoms with van der Waals surface area (Å²) in [4.78, 5) is 8.90. The van der Waals surface area contributed by atoms with Gasteiger partial charge in [-0.2, -0.15) is 13.2 Å². The van der Waals surface area contributed by atoms with Gasteiger partial charge in [0.2, 0.25) is 0 Å². The highest BCUT2D eigenvalue weighted by atomic mass is 35.5. The van der Waals surface area contributed by atoms with Crippen molar-refractivity contribution < 1.29 is 23.1 Å². The van der Waals surface area contributed by atoms with E-state index < -0.39 is 12.1 Å². The van der Waals surface area contributed by atoms with Crippen molar-refractivity contribution in [1.82, 2.24) is 5.32 Å². The van der Waals surface area contributed by atoms with Gasteiger partial charge in [0.1, 0.15) is 0 Å². The lowest BCUT2D eigenvalue weighted by Crippen LogP contribution is -2.29. The van der Waals surface area contributed by atoms with Crippen LogP contribution in [0.5, 0.6) is 0 Å². The van der Waals surface area contributed by atoms with E-state index in [1.54, 1.807) is 0 Å². The SMILES string of the molecule is CN[C@H]1CC[C@H](C#CCCCCl)CC1.O=C(O)C(F)(F)F. The van der Waals surface area contributed by atoms with Crippen molar-refractivity contribution in [2.24, 2.45) is 5.92 Å². The molecule has 1 fully saturated rings. The quantitative estimate of drug-likeness (QED) is 0.474. The maximum atomic E-state index is 10.6. The Bertz CT molecular complexity index is 355. The molecule has 0 atom stereocenters. The number of nitrogens with one attached hydrogen (secondary N) is 1. The summed E-state index contributed by atoms with van der Waals surface area (Å²) in [7, 11) is 2.05. The van der Waals surface area contributed by atoms with Crippen LogP contribution in [0, 0.1) is 17.8 Å². The number of aliphatic carboxylic acids is 1. The first-order valence-corrected chi connectivity index (χ1v) is 7.36. The first kappa shape index (κ1) is 20.1. The van der Waals surface area contributed by atoms with Crippen molar-refractivity contribution in [3.63, 3.8) is 0 Å². The lowest BCUT2D eigenvalue weighted by atomic mass is 9.86. The van der Waals surface area contributed by atoms with Crippen LogP contribution in [0.15, 0.2) is 0 Å². The molecule has 1 aliphatic rings. The zero-order chi connectivity index (χ0) is 16.3. The van der Waals surface area contributed by atoms with Crippen molar-refractivity contribution in [1.29, 1.82) is 0 Å². The summed E-state index contributed by atoms with van der Waals surface area (Å²) >= 11 is 5.58. The van der Waals surface area contributed by atoms with E-state index in [-0.39, 0.29) is 0 Å². The summed E-state index contributed by atoms with van der Waals surface area (Å²) in [6, 6.07) is 0.732. The average molecular weight is 328 g/mol. The van der Waals surface area contributed by atoms with Gasteiger partial charge in [-0.05, 0) is 39.2 Å². The number of hydrogen-bond acceptors (Lipinski definition) is 2. The third-order valence-corrected chi connectivity index (χ3v) is 3.39. The van der Waals surface area contributed by atoms with Crippen LogP contribution in [-0.4, -0.2) is 36.2 Å². The molecule has 0 saturated heterocycles. The molecule has 1 rings (SSSR count). The monoisotopic (exact) mass is 327 g/mol. The standard InChI is InChI=1S/C12H20ClN.C2HF3O2/c1-14-12-8-6-11(7-9-12)5-3-2-4-10-13;3-2(4,5)1(6)7/h11-12,14H,2,4,6-10H2,1H3;(H,6,7)/t11-,12-;. The molecular formula is C14H21ClF3NO2. The normalized spacial score (nSPS) is 21.6.